The summed E-state index contributed by atoms with van der Waals surface area (Å²) in [4.78, 5) is 29.0. The van der Waals surface area contributed by atoms with Gasteiger partial charge >= 0.3 is 0 Å². The van der Waals surface area contributed by atoms with Crippen LogP contribution in [0.2, 0.25) is 0 Å². The van der Waals surface area contributed by atoms with Crippen LogP contribution in [0.15, 0.2) is 30.9 Å². The molecule has 1 aliphatic heterocycles. The highest BCUT2D eigenvalue weighted by Crippen LogP contribution is 2.24. The minimum Gasteiger partial charge on any atom is -0.333 e. The molecule has 23 heavy (non-hydrogen) atoms. The summed E-state index contributed by atoms with van der Waals surface area (Å²) >= 11 is 0. The van der Waals surface area contributed by atoms with Crippen molar-refractivity contribution in [2.75, 3.05) is 19.6 Å². The number of carbonyl (C=O) groups is 1. The van der Waals surface area contributed by atoms with Crippen molar-refractivity contribution < 1.29 is 9.72 Å². The van der Waals surface area contributed by atoms with Crippen LogP contribution in [0.4, 0.5) is 5.69 Å². The predicted octanol–water partition coefficient (Wildman–Crippen LogP) is 0.609. The van der Waals surface area contributed by atoms with E-state index < -0.39 is 4.92 Å². The maximum absolute atomic E-state index is 12.6. The molecule has 1 aromatic carbocycles. The Bertz CT molecular complexity index is 730. The Morgan fingerprint density at radius 3 is 2.96 bits per heavy atom. The number of aromatic nitrogens is 3. The molecule has 9 heteroatoms. The summed E-state index contributed by atoms with van der Waals surface area (Å²) in [5, 5.41) is 18.5. The van der Waals surface area contributed by atoms with Crippen LogP contribution in [0.25, 0.3) is 5.69 Å². The van der Waals surface area contributed by atoms with Crippen molar-refractivity contribution in [1.82, 2.24) is 25.0 Å². The number of nitrogens with zero attached hydrogens (tertiary/aromatic N) is 5. The second-order valence-corrected chi connectivity index (χ2v) is 5.35. The summed E-state index contributed by atoms with van der Waals surface area (Å²) in [7, 11) is 0. The fourth-order valence-corrected chi connectivity index (χ4v) is 2.64. The van der Waals surface area contributed by atoms with E-state index in [0.717, 1.165) is 6.54 Å². The average molecular weight is 316 g/mol. The molecule has 9 nitrogen and oxygen atoms in total. The fraction of sp³-hybridized carbons (Fsp3) is 0.357. The summed E-state index contributed by atoms with van der Waals surface area (Å²) in [5.74, 6) is -0.202. The van der Waals surface area contributed by atoms with Gasteiger partial charge in [0.25, 0.3) is 11.6 Å². The number of hydrogen-bond acceptors (Lipinski definition) is 6. The molecule has 1 N–H and O–H groups in total. The number of benzene rings is 1. The van der Waals surface area contributed by atoms with Gasteiger partial charge in [-0.05, 0) is 19.1 Å². The van der Waals surface area contributed by atoms with Gasteiger partial charge in [-0.25, -0.2) is 9.67 Å². The van der Waals surface area contributed by atoms with E-state index in [1.165, 1.54) is 29.5 Å². The Morgan fingerprint density at radius 1 is 1.48 bits per heavy atom. The van der Waals surface area contributed by atoms with Gasteiger partial charge in [-0.2, -0.15) is 5.10 Å². The van der Waals surface area contributed by atoms with Gasteiger partial charge in [-0.3, -0.25) is 14.9 Å². The first-order chi connectivity index (χ1) is 11.1. The second kappa shape index (κ2) is 6.13. The Labute approximate surface area is 132 Å². The minimum absolute atomic E-state index is 0.0466. The quantitative estimate of drug-likeness (QED) is 0.657. The number of rotatable bonds is 3. The van der Waals surface area contributed by atoms with Crippen LogP contribution in [0.3, 0.4) is 0 Å². The Balaban J connectivity index is 1.96. The van der Waals surface area contributed by atoms with Gasteiger partial charge in [0.2, 0.25) is 0 Å². The maximum atomic E-state index is 12.6. The third kappa shape index (κ3) is 2.90. The molecule has 1 amide bonds. The lowest BCUT2D eigenvalue weighted by Gasteiger charge is -2.34. The Kier molecular flexibility index (Phi) is 4.02. The normalized spacial score (nSPS) is 18.0. The van der Waals surface area contributed by atoms with Crippen molar-refractivity contribution in [2.45, 2.75) is 13.0 Å². The van der Waals surface area contributed by atoms with Gasteiger partial charge in [0.15, 0.2) is 0 Å². The van der Waals surface area contributed by atoms with E-state index in [4.69, 9.17) is 0 Å². The summed E-state index contributed by atoms with van der Waals surface area (Å²) in [6.45, 7) is 3.96. The highest BCUT2D eigenvalue weighted by Gasteiger charge is 2.26. The van der Waals surface area contributed by atoms with Crippen LogP contribution in [-0.4, -0.2) is 56.2 Å². The number of nitro benzene ring substituents is 1. The molecular weight excluding hydrogens is 300 g/mol. The van der Waals surface area contributed by atoms with Crippen molar-refractivity contribution in [3.63, 3.8) is 0 Å². The minimum atomic E-state index is -0.519. The number of carbonyl (C=O) groups excluding carboxylic acids is 1. The first-order valence-corrected chi connectivity index (χ1v) is 7.23. The van der Waals surface area contributed by atoms with Crippen molar-refractivity contribution >= 4 is 11.6 Å². The third-order valence-electron chi connectivity index (χ3n) is 3.85. The molecule has 0 saturated carbocycles. The van der Waals surface area contributed by atoms with E-state index in [0.29, 0.717) is 18.7 Å². The summed E-state index contributed by atoms with van der Waals surface area (Å²) in [6.07, 6.45) is 2.67. The topological polar surface area (TPSA) is 106 Å². The molecule has 0 aliphatic carbocycles. The van der Waals surface area contributed by atoms with Crippen LogP contribution in [-0.2, 0) is 0 Å². The molecule has 3 rings (SSSR count). The standard InChI is InChI=1S/C14H16N6O3/c1-10-7-15-4-5-18(10)14(21)11-2-3-12(13(6-11)20(22)23)19-9-16-8-17-19/h2-3,6,8-10,15H,4-5,7H2,1H3. The zero-order chi connectivity index (χ0) is 16.4. The highest BCUT2D eigenvalue weighted by atomic mass is 16.6. The van der Waals surface area contributed by atoms with Gasteiger partial charge < -0.3 is 10.2 Å². The number of piperazine rings is 1. The molecule has 1 aliphatic rings. The molecule has 2 aromatic rings. The van der Waals surface area contributed by atoms with Gasteiger partial charge in [-0.1, -0.05) is 0 Å². The maximum Gasteiger partial charge on any atom is 0.295 e. The zero-order valence-electron chi connectivity index (χ0n) is 12.5. The van der Waals surface area contributed by atoms with Gasteiger partial charge in [-0.15, -0.1) is 0 Å². The van der Waals surface area contributed by atoms with E-state index >= 15 is 0 Å². The summed E-state index contributed by atoms with van der Waals surface area (Å²) in [5.41, 5.74) is 0.399. The molecule has 0 radical (unpaired) electrons. The summed E-state index contributed by atoms with van der Waals surface area (Å²) in [6, 6.07) is 4.45. The monoisotopic (exact) mass is 316 g/mol. The van der Waals surface area contributed by atoms with E-state index in [2.05, 4.69) is 15.4 Å². The first-order valence-electron chi connectivity index (χ1n) is 7.23. The predicted molar refractivity (Wildman–Crippen MR) is 81.4 cm³/mol. The highest BCUT2D eigenvalue weighted by molar-refractivity contribution is 5.95. The molecular formula is C14H16N6O3. The number of nitrogens with one attached hydrogen (secondary N) is 1. The smallest absolute Gasteiger partial charge is 0.295 e. The molecule has 2 heterocycles. The second-order valence-electron chi connectivity index (χ2n) is 5.35. The van der Waals surface area contributed by atoms with Crippen LogP contribution in [0.5, 0.6) is 0 Å². The Hall–Kier alpha value is -2.81. The lowest BCUT2D eigenvalue weighted by Crippen LogP contribution is -2.52. The zero-order valence-corrected chi connectivity index (χ0v) is 12.5. The molecule has 0 bridgehead atoms. The lowest BCUT2D eigenvalue weighted by molar-refractivity contribution is -0.384. The van der Waals surface area contributed by atoms with Crippen LogP contribution >= 0.6 is 0 Å². The average Bonchev–Trinajstić information content (AvgIpc) is 3.08. The van der Waals surface area contributed by atoms with E-state index in [9.17, 15) is 14.9 Å². The molecule has 1 unspecified atom stereocenters. The van der Waals surface area contributed by atoms with Gasteiger partial charge in [0.05, 0.1) is 4.92 Å². The molecule has 1 saturated heterocycles. The van der Waals surface area contributed by atoms with Crippen LogP contribution in [0, 0.1) is 10.1 Å². The molecule has 0 spiro atoms. The first kappa shape index (κ1) is 15.1. The molecule has 1 atom stereocenters. The lowest BCUT2D eigenvalue weighted by atomic mass is 10.1. The Morgan fingerprint density at radius 2 is 2.30 bits per heavy atom. The third-order valence-corrected chi connectivity index (χ3v) is 3.85. The number of hydrogen-bond donors (Lipinski definition) is 1. The van der Waals surface area contributed by atoms with Crippen molar-refractivity contribution in [1.29, 1.82) is 0 Å². The summed E-state index contributed by atoms with van der Waals surface area (Å²) < 4.78 is 1.31. The van der Waals surface area contributed by atoms with E-state index in [1.807, 2.05) is 6.92 Å². The largest absolute Gasteiger partial charge is 0.333 e. The van der Waals surface area contributed by atoms with E-state index in [-0.39, 0.29) is 23.3 Å². The van der Waals surface area contributed by atoms with Gasteiger partial charge in [0.1, 0.15) is 18.3 Å². The van der Waals surface area contributed by atoms with E-state index in [1.54, 1.807) is 11.0 Å². The molecule has 120 valence electrons. The van der Waals surface area contributed by atoms with Gasteiger partial charge in [0, 0.05) is 37.3 Å². The SMILES string of the molecule is CC1CNCCN1C(=O)c1ccc(-n2cncn2)c([N+](=O)[O-])c1. The van der Waals surface area contributed by atoms with Crippen molar-refractivity contribution in [2.24, 2.45) is 0 Å². The molecule has 1 aromatic heterocycles. The molecule has 1 fully saturated rings. The van der Waals surface area contributed by atoms with Crippen molar-refractivity contribution in [3.8, 4) is 5.69 Å². The van der Waals surface area contributed by atoms with Crippen LogP contribution < -0.4 is 5.32 Å². The number of amides is 1. The van der Waals surface area contributed by atoms with Crippen molar-refractivity contribution in [3.05, 3.63) is 46.5 Å². The van der Waals surface area contributed by atoms with Crippen LogP contribution in [0.1, 0.15) is 17.3 Å². The fourth-order valence-electron chi connectivity index (χ4n) is 2.64. The number of nitro groups is 1.